The highest BCUT2D eigenvalue weighted by Crippen LogP contribution is 2.53. The molecular formula is C14H20F5NO5S2. The van der Waals surface area contributed by atoms with Gasteiger partial charge in [0.05, 0.1) is 0 Å². The van der Waals surface area contributed by atoms with Gasteiger partial charge in [-0.15, -0.1) is 0 Å². The maximum absolute atomic E-state index is 14.3. The number of halogens is 5. The molecule has 2 fully saturated rings. The highest BCUT2D eigenvalue weighted by atomic mass is 32.3. The summed E-state index contributed by atoms with van der Waals surface area (Å²) in [5.41, 5.74) is -6.85. The molecule has 0 N–H and O–H groups in total. The Morgan fingerprint density at radius 3 is 2.00 bits per heavy atom. The van der Waals surface area contributed by atoms with Gasteiger partial charge in [-0.2, -0.15) is 22.0 Å². The lowest BCUT2D eigenvalue weighted by molar-refractivity contribution is -0.148. The summed E-state index contributed by atoms with van der Waals surface area (Å²) in [4.78, 5) is 12.9. The molecule has 0 aromatic heterocycles. The van der Waals surface area contributed by atoms with Gasteiger partial charge in [0.15, 0.2) is 5.08 Å². The third-order valence-corrected chi connectivity index (χ3v) is 9.12. The monoisotopic (exact) mass is 441 g/mol. The van der Waals surface area contributed by atoms with E-state index in [0.717, 1.165) is 0 Å². The van der Waals surface area contributed by atoms with Gasteiger partial charge in [0.2, 0.25) is 9.84 Å². The van der Waals surface area contributed by atoms with Gasteiger partial charge in [0.1, 0.15) is 0 Å². The number of likely N-dealkylation sites (tertiary alicyclic amines) is 1. The first-order chi connectivity index (χ1) is 11.7. The normalized spacial score (nSPS) is 29.0. The Labute approximate surface area is 153 Å². The zero-order valence-electron chi connectivity index (χ0n) is 14.8. The van der Waals surface area contributed by atoms with Crippen LogP contribution in [0.25, 0.3) is 0 Å². The number of fused-ring (bicyclic) bond motifs is 2. The molecule has 0 radical (unpaired) electrons. The quantitative estimate of drug-likeness (QED) is 0.625. The molecule has 1 aliphatic heterocycles. The van der Waals surface area contributed by atoms with Crippen LogP contribution < -0.4 is 0 Å². The molecular weight excluding hydrogens is 421 g/mol. The number of alkyl halides is 5. The highest BCUT2D eigenvalue weighted by molar-refractivity contribution is 8.09. The van der Waals surface area contributed by atoms with Crippen LogP contribution in [0.5, 0.6) is 0 Å². The lowest BCUT2D eigenvalue weighted by atomic mass is 9.65. The van der Waals surface area contributed by atoms with Crippen LogP contribution in [0.2, 0.25) is 0 Å². The summed E-state index contributed by atoms with van der Waals surface area (Å²) < 4.78 is 111. The second-order valence-corrected chi connectivity index (χ2v) is 12.8. The lowest BCUT2D eigenvalue weighted by Crippen LogP contribution is -2.52. The molecule has 0 spiro atoms. The predicted molar refractivity (Wildman–Crippen MR) is 84.9 cm³/mol. The van der Waals surface area contributed by atoms with E-state index in [0.29, 0.717) is 24.2 Å². The highest BCUT2D eigenvalue weighted by Gasteiger charge is 2.62. The van der Waals surface area contributed by atoms with E-state index in [4.69, 9.17) is 0 Å². The Morgan fingerprint density at radius 1 is 1.00 bits per heavy atom. The van der Waals surface area contributed by atoms with Crippen molar-refractivity contribution in [2.45, 2.75) is 56.8 Å². The van der Waals surface area contributed by atoms with Gasteiger partial charge in [-0.05, 0) is 30.1 Å². The zero-order valence-corrected chi connectivity index (χ0v) is 16.4. The van der Waals surface area contributed by atoms with Gasteiger partial charge in [-0.3, -0.25) is 4.79 Å². The van der Waals surface area contributed by atoms with E-state index in [2.05, 4.69) is 0 Å². The predicted octanol–water partition coefficient (Wildman–Crippen LogP) is 2.31. The number of hydrogen-bond donors (Lipinski definition) is 0. The Bertz CT molecular complexity index is 850. The van der Waals surface area contributed by atoms with Crippen molar-refractivity contribution in [1.29, 1.82) is 0 Å². The van der Waals surface area contributed by atoms with E-state index < -0.39 is 52.9 Å². The smallest absolute Gasteiger partial charge is 0.333 e. The fraction of sp³-hybridized carbons (Fsp3) is 0.929. The van der Waals surface area contributed by atoms with Crippen molar-refractivity contribution in [3.8, 4) is 0 Å². The summed E-state index contributed by atoms with van der Waals surface area (Å²) in [5.74, 6) is -2.17. The third-order valence-electron chi connectivity index (χ3n) is 4.98. The number of amides is 1. The van der Waals surface area contributed by atoms with Crippen molar-refractivity contribution in [1.82, 2.24) is 4.90 Å². The van der Waals surface area contributed by atoms with Gasteiger partial charge in [-0.25, -0.2) is 16.8 Å². The molecule has 27 heavy (non-hydrogen) atoms. The van der Waals surface area contributed by atoms with Gasteiger partial charge in [-0.1, -0.05) is 20.8 Å². The third kappa shape index (κ3) is 3.94. The molecule has 2 aliphatic rings. The molecule has 0 aromatic rings. The van der Waals surface area contributed by atoms with Gasteiger partial charge in [0, 0.05) is 12.6 Å². The molecule has 2 rings (SSSR count). The molecule has 158 valence electrons. The van der Waals surface area contributed by atoms with Gasteiger partial charge < -0.3 is 4.90 Å². The number of carbonyl (C=O) groups is 1. The van der Waals surface area contributed by atoms with Crippen molar-refractivity contribution in [3.05, 3.63) is 0 Å². The molecule has 13 heteroatoms. The lowest BCUT2D eigenvalue weighted by Gasteiger charge is -2.39. The molecule has 1 saturated carbocycles. The van der Waals surface area contributed by atoms with Crippen molar-refractivity contribution >= 4 is 25.6 Å². The fourth-order valence-corrected chi connectivity index (χ4v) is 7.49. The Balaban J connectivity index is 2.33. The largest absolute Gasteiger partial charge is 0.498 e. The first kappa shape index (κ1) is 22.3. The summed E-state index contributed by atoms with van der Waals surface area (Å²) >= 11 is 0. The van der Waals surface area contributed by atoms with Crippen molar-refractivity contribution in [2.24, 2.45) is 10.8 Å². The first-order valence-electron chi connectivity index (χ1n) is 7.93. The second kappa shape index (κ2) is 6.01. The zero-order chi connectivity index (χ0) is 21.3. The van der Waals surface area contributed by atoms with Crippen LogP contribution in [0.3, 0.4) is 0 Å². The van der Waals surface area contributed by atoms with Crippen LogP contribution in [0.4, 0.5) is 22.0 Å². The van der Waals surface area contributed by atoms with Crippen LogP contribution in [-0.2, 0) is 24.5 Å². The standard InChI is InChI=1S/C14H20F5NO5S2/c1-11(2)4-9-5-12(3,6-11)7-20(9)10(21)13(15,16)26(22,23)8-27(24,25)14(17,18)19/h9H,4-8H2,1-3H3. The van der Waals surface area contributed by atoms with E-state index in [1.807, 2.05) is 13.8 Å². The van der Waals surface area contributed by atoms with E-state index in [1.54, 1.807) is 6.92 Å². The Morgan fingerprint density at radius 2 is 1.52 bits per heavy atom. The van der Waals surface area contributed by atoms with Gasteiger partial charge in [0.25, 0.3) is 9.84 Å². The number of sulfone groups is 2. The van der Waals surface area contributed by atoms with Crippen LogP contribution in [0.1, 0.15) is 40.0 Å². The average molecular weight is 441 g/mol. The van der Waals surface area contributed by atoms with Crippen LogP contribution in [0.15, 0.2) is 0 Å². The summed E-state index contributed by atoms with van der Waals surface area (Å²) in [6.07, 6.45) is 1.28. The summed E-state index contributed by atoms with van der Waals surface area (Å²) in [7, 11) is -12.6. The number of nitrogens with zero attached hydrogens (tertiary/aromatic N) is 1. The van der Waals surface area contributed by atoms with Crippen LogP contribution in [0, 0.1) is 10.8 Å². The minimum Gasteiger partial charge on any atom is -0.333 e. The average Bonchev–Trinajstić information content (AvgIpc) is 2.64. The molecule has 2 atom stereocenters. The Hall–Kier alpha value is -0.980. The maximum Gasteiger partial charge on any atom is 0.498 e. The summed E-state index contributed by atoms with van der Waals surface area (Å²) in [6, 6.07) is -0.688. The second-order valence-electron chi connectivity index (χ2n) is 8.46. The molecule has 1 aliphatic carbocycles. The summed E-state index contributed by atoms with van der Waals surface area (Å²) in [5, 5.41) is -8.16. The first-order valence-corrected chi connectivity index (χ1v) is 11.2. The molecule has 2 unspecified atom stereocenters. The molecule has 1 saturated heterocycles. The number of hydrogen-bond acceptors (Lipinski definition) is 5. The minimum atomic E-state index is -6.38. The topological polar surface area (TPSA) is 88.6 Å². The molecule has 2 bridgehead atoms. The SMILES string of the molecule is CC1(C)CC2CC(C)(CN2C(=O)C(F)(F)S(=O)(=O)CS(=O)(=O)C(F)(F)F)C1. The molecule has 1 heterocycles. The van der Waals surface area contributed by atoms with Gasteiger partial charge >= 0.3 is 16.7 Å². The summed E-state index contributed by atoms with van der Waals surface area (Å²) in [6.45, 7) is 5.33. The van der Waals surface area contributed by atoms with Crippen molar-refractivity contribution in [2.75, 3.05) is 11.6 Å². The van der Waals surface area contributed by atoms with E-state index in [-0.39, 0.29) is 12.0 Å². The fourth-order valence-electron chi connectivity index (χ4n) is 4.34. The number of carbonyl (C=O) groups excluding carboxylic acids is 1. The van der Waals surface area contributed by atoms with Crippen molar-refractivity contribution < 1.29 is 43.6 Å². The van der Waals surface area contributed by atoms with Crippen LogP contribution in [-0.4, -0.2) is 56.1 Å². The Kier molecular flexibility index (Phi) is 4.96. The van der Waals surface area contributed by atoms with E-state index >= 15 is 0 Å². The van der Waals surface area contributed by atoms with Crippen molar-refractivity contribution in [3.63, 3.8) is 0 Å². The van der Waals surface area contributed by atoms with Crippen LogP contribution >= 0.6 is 0 Å². The van der Waals surface area contributed by atoms with E-state index in [1.165, 1.54) is 0 Å². The molecule has 0 aromatic carbocycles. The molecule has 6 nitrogen and oxygen atoms in total. The maximum atomic E-state index is 14.3. The molecule has 1 amide bonds. The number of rotatable bonds is 4. The van der Waals surface area contributed by atoms with E-state index in [9.17, 15) is 43.6 Å². The minimum absolute atomic E-state index is 0.170.